The second-order valence-electron chi connectivity index (χ2n) is 4.55. The molecule has 0 atom stereocenters. The minimum Gasteiger partial charge on any atom is -0.497 e. The molecule has 0 aliphatic carbocycles. The van der Waals surface area contributed by atoms with Gasteiger partial charge in [0.1, 0.15) is 17.2 Å². The van der Waals surface area contributed by atoms with E-state index in [0.717, 1.165) is 6.42 Å². The highest BCUT2D eigenvalue weighted by atomic mass is 19.3. The van der Waals surface area contributed by atoms with Gasteiger partial charge in [0.25, 0.3) is 6.43 Å². The van der Waals surface area contributed by atoms with Crippen LogP contribution in [0.5, 0.6) is 11.5 Å². The molecule has 0 bridgehead atoms. The zero-order valence-corrected chi connectivity index (χ0v) is 12.2. The van der Waals surface area contributed by atoms with E-state index in [2.05, 4.69) is 10.3 Å². The van der Waals surface area contributed by atoms with Gasteiger partial charge in [-0.3, -0.25) is 0 Å². The Morgan fingerprint density at radius 1 is 1.19 bits per heavy atom. The highest BCUT2D eigenvalue weighted by Gasteiger charge is 2.17. The van der Waals surface area contributed by atoms with Crippen molar-refractivity contribution in [1.29, 1.82) is 0 Å². The zero-order chi connectivity index (χ0) is 15.4. The highest BCUT2D eigenvalue weighted by Crippen LogP contribution is 2.37. The number of nitrogens with one attached hydrogen (secondary N) is 1. The van der Waals surface area contributed by atoms with Crippen molar-refractivity contribution in [3.63, 3.8) is 0 Å². The molecule has 0 radical (unpaired) electrons. The maximum Gasteiger partial charge on any atom is 0.280 e. The van der Waals surface area contributed by atoms with Crippen molar-refractivity contribution in [2.45, 2.75) is 19.8 Å². The number of benzene rings is 1. The Morgan fingerprint density at radius 2 is 1.95 bits per heavy atom. The number of ether oxygens (including phenoxy) is 2. The van der Waals surface area contributed by atoms with Crippen molar-refractivity contribution in [2.75, 3.05) is 26.1 Å². The molecule has 0 aliphatic heterocycles. The summed E-state index contributed by atoms with van der Waals surface area (Å²) in [7, 11) is 3.03. The van der Waals surface area contributed by atoms with E-state index in [1.54, 1.807) is 12.1 Å². The fourth-order valence-corrected chi connectivity index (χ4v) is 2.12. The lowest BCUT2D eigenvalue weighted by atomic mass is 10.1. The summed E-state index contributed by atoms with van der Waals surface area (Å²) in [5.74, 6) is 1.05. The van der Waals surface area contributed by atoms with Crippen LogP contribution in [0.4, 0.5) is 14.5 Å². The minimum absolute atomic E-state index is 0.267. The number of hydrogen-bond donors (Lipinski definition) is 1. The van der Waals surface area contributed by atoms with Gasteiger partial charge >= 0.3 is 0 Å². The molecule has 1 N–H and O–H groups in total. The molecular formula is C15H18F2N2O2. The number of methoxy groups -OCH3 is 2. The molecule has 4 nitrogen and oxygen atoms in total. The zero-order valence-electron chi connectivity index (χ0n) is 12.2. The van der Waals surface area contributed by atoms with Gasteiger partial charge in [-0.25, -0.2) is 13.8 Å². The molecule has 1 heterocycles. The number of alkyl halides is 2. The van der Waals surface area contributed by atoms with Gasteiger partial charge in [0.15, 0.2) is 0 Å². The lowest BCUT2D eigenvalue weighted by molar-refractivity contribution is 0.146. The third kappa shape index (κ3) is 3.15. The molecule has 114 valence electrons. The average Bonchev–Trinajstić information content (AvgIpc) is 2.50. The standard InChI is InChI=1S/C15H18F2N2O2/c1-4-5-18-10-8-12(15(16)17)19-11-6-9(20-2)7-13(21-3)14(10)11/h6-8,15H,4-5H2,1-3H3,(H,18,19). The molecule has 0 saturated heterocycles. The summed E-state index contributed by atoms with van der Waals surface area (Å²) in [5.41, 5.74) is 0.746. The fourth-order valence-electron chi connectivity index (χ4n) is 2.12. The van der Waals surface area contributed by atoms with Crippen molar-refractivity contribution in [3.05, 3.63) is 23.9 Å². The van der Waals surface area contributed by atoms with Gasteiger partial charge in [-0.05, 0) is 12.5 Å². The smallest absolute Gasteiger partial charge is 0.280 e. The Hall–Kier alpha value is -2.11. The van der Waals surface area contributed by atoms with E-state index >= 15 is 0 Å². The van der Waals surface area contributed by atoms with Crippen LogP contribution in [0.3, 0.4) is 0 Å². The van der Waals surface area contributed by atoms with Crippen molar-refractivity contribution in [1.82, 2.24) is 4.98 Å². The van der Waals surface area contributed by atoms with Crippen LogP contribution >= 0.6 is 0 Å². The quantitative estimate of drug-likeness (QED) is 0.874. The predicted octanol–water partition coefficient (Wildman–Crippen LogP) is 4.01. The molecular weight excluding hydrogens is 278 g/mol. The first-order valence-corrected chi connectivity index (χ1v) is 6.69. The molecule has 21 heavy (non-hydrogen) atoms. The van der Waals surface area contributed by atoms with Crippen LogP contribution in [0.25, 0.3) is 10.9 Å². The first kappa shape index (κ1) is 15.3. The summed E-state index contributed by atoms with van der Waals surface area (Å²) in [6.45, 7) is 2.68. The van der Waals surface area contributed by atoms with Gasteiger partial charge in [0.05, 0.1) is 25.1 Å². The number of hydrogen-bond acceptors (Lipinski definition) is 4. The molecule has 0 fully saturated rings. The Balaban J connectivity index is 2.70. The number of halogens is 2. The Labute approximate surface area is 122 Å². The van der Waals surface area contributed by atoms with E-state index in [1.165, 1.54) is 20.3 Å². The summed E-state index contributed by atoms with van der Waals surface area (Å²) in [6.07, 6.45) is -1.75. The minimum atomic E-state index is -2.63. The largest absolute Gasteiger partial charge is 0.497 e. The van der Waals surface area contributed by atoms with Gasteiger partial charge < -0.3 is 14.8 Å². The van der Waals surface area contributed by atoms with Crippen molar-refractivity contribution in [2.24, 2.45) is 0 Å². The van der Waals surface area contributed by atoms with E-state index in [1.807, 2.05) is 6.92 Å². The summed E-state index contributed by atoms with van der Waals surface area (Å²) in [6, 6.07) is 4.71. The van der Waals surface area contributed by atoms with Gasteiger partial charge in [0.2, 0.25) is 0 Å². The Kier molecular flexibility index (Phi) is 4.77. The lowest BCUT2D eigenvalue weighted by Crippen LogP contribution is -2.04. The van der Waals surface area contributed by atoms with Crippen LogP contribution in [0, 0.1) is 0 Å². The van der Waals surface area contributed by atoms with E-state index < -0.39 is 6.43 Å². The average molecular weight is 296 g/mol. The first-order chi connectivity index (χ1) is 10.1. The summed E-state index contributed by atoms with van der Waals surface area (Å²) in [5, 5.41) is 3.83. The maximum absolute atomic E-state index is 13.0. The van der Waals surface area contributed by atoms with Crippen LogP contribution in [-0.2, 0) is 0 Å². The number of aromatic nitrogens is 1. The summed E-state index contributed by atoms with van der Waals surface area (Å²) < 4.78 is 36.5. The van der Waals surface area contributed by atoms with Crippen LogP contribution in [0.15, 0.2) is 18.2 Å². The van der Waals surface area contributed by atoms with E-state index in [0.29, 0.717) is 34.6 Å². The molecule has 1 aromatic heterocycles. The van der Waals surface area contributed by atoms with E-state index in [4.69, 9.17) is 9.47 Å². The number of fused-ring (bicyclic) bond motifs is 1. The van der Waals surface area contributed by atoms with Crippen LogP contribution < -0.4 is 14.8 Å². The molecule has 0 unspecified atom stereocenters. The van der Waals surface area contributed by atoms with Crippen LogP contribution in [0.1, 0.15) is 25.5 Å². The summed E-state index contributed by atoms with van der Waals surface area (Å²) in [4.78, 5) is 4.01. The topological polar surface area (TPSA) is 43.4 Å². The van der Waals surface area contributed by atoms with Crippen molar-refractivity contribution >= 4 is 16.6 Å². The van der Waals surface area contributed by atoms with E-state index in [-0.39, 0.29) is 5.69 Å². The van der Waals surface area contributed by atoms with Crippen LogP contribution in [-0.4, -0.2) is 25.7 Å². The molecule has 0 spiro atoms. The molecule has 2 aromatic rings. The molecule has 0 saturated carbocycles. The normalized spacial score (nSPS) is 11.0. The first-order valence-electron chi connectivity index (χ1n) is 6.69. The second-order valence-corrected chi connectivity index (χ2v) is 4.55. The van der Waals surface area contributed by atoms with Crippen LogP contribution in [0.2, 0.25) is 0 Å². The van der Waals surface area contributed by atoms with E-state index in [9.17, 15) is 8.78 Å². The Morgan fingerprint density at radius 3 is 2.52 bits per heavy atom. The van der Waals surface area contributed by atoms with Gasteiger partial charge in [0, 0.05) is 24.4 Å². The molecule has 1 aromatic carbocycles. The van der Waals surface area contributed by atoms with Gasteiger partial charge in [-0.2, -0.15) is 0 Å². The Bertz CT molecular complexity index is 633. The third-order valence-electron chi connectivity index (χ3n) is 3.11. The monoisotopic (exact) mass is 296 g/mol. The number of anilines is 1. The molecule has 2 rings (SSSR count). The summed E-state index contributed by atoms with van der Waals surface area (Å²) >= 11 is 0. The van der Waals surface area contributed by atoms with Crippen molar-refractivity contribution < 1.29 is 18.3 Å². The third-order valence-corrected chi connectivity index (χ3v) is 3.11. The SMILES string of the molecule is CCCNc1cc(C(F)F)nc2cc(OC)cc(OC)c12. The molecule has 0 aliphatic rings. The molecule has 6 heteroatoms. The number of nitrogens with zero attached hydrogens (tertiary/aromatic N) is 1. The lowest BCUT2D eigenvalue weighted by Gasteiger charge is -2.15. The highest BCUT2D eigenvalue weighted by molar-refractivity contribution is 5.97. The van der Waals surface area contributed by atoms with Crippen molar-refractivity contribution in [3.8, 4) is 11.5 Å². The van der Waals surface area contributed by atoms with Gasteiger partial charge in [-0.1, -0.05) is 6.92 Å². The van der Waals surface area contributed by atoms with Gasteiger partial charge in [-0.15, -0.1) is 0 Å². The number of pyridine rings is 1. The second kappa shape index (κ2) is 6.56. The molecule has 0 amide bonds. The maximum atomic E-state index is 13.0. The fraction of sp³-hybridized carbons (Fsp3) is 0.400. The predicted molar refractivity (Wildman–Crippen MR) is 78.6 cm³/mol. The number of rotatable bonds is 6.